The van der Waals surface area contributed by atoms with Gasteiger partial charge in [-0.05, 0) is 43.4 Å². The van der Waals surface area contributed by atoms with Crippen molar-refractivity contribution in [2.75, 3.05) is 6.61 Å². The molecule has 2 unspecified atom stereocenters. The highest BCUT2D eigenvalue weighted by Gasteiger charge is 2.16. The van der Waals surface area contributed by atoms with Crippen LogP contribution in [-0.2, 0) is 4.74 Å². The first-order chi connectivity index (χ1) is 8.50. The standard InChI is InChI=1S/C15H24FNO/c1-11(2)5-4-10-18-15(12(3)17)13-6-8-14(16)9-7-13/h6-9,11-12,15H,4-5,10,17H2,1-3H3. The molecule has 102 valence electrons. The summed E-state index contributed by atoms with van der Waals surface area (Å²) in [7, 11) is 0. The van der Waals surface area contributed by atoms with Gasteiger partial charge in [0.1, 0.15) is 5.82 Å². The topological polar surface area (TPSA) is 35.2 Å². The van der Waals surface area contributed by atoms with Gasteiger partial charge in [-0.15, -0.1) is 0 Å². The monoisotopic (exact) mass is 253 g/mol. The third kappa shape index (κ3) is 5.15. The van der Waals surface area contributed by atoms with Crippen LogP contribution in [0.25, 0.3) is 0 Å². The lowest BCUT2D eigenvalue weighted by Gasteiger charge is -2.22. The van der Waals surface area contributed by atoms with Gasteiger partial charge in [-0.2, -0.15) is 0 Å². The molecular formula is C15H24FNO. The van der Waals surface area contributed by atoms with Crippen LogP contribution >= 0.6 is 0 Å². The van der Waals surface area contributed by atoms with Crippen molar-refractivity contribution in [3.8, 4) is 0 Å². The number of rotatable bonds is 7. The molecule has 2 N–H and O–H groups in total. The van der Waals surface area contributed by atoms with Crippen molar-refractivity contribution >= 4 is 0 Å². The van der Waals surface area contributed by atoms with Crippen LogP contribution < -0.4 is 5.73 Å². The molecule has 2 atom stereocenters. The quantitative estimate of drug-likeness (QED) is 0.752. The van der Waals surface area contributed by atoms with E-state index in [4.69, 9.17) is 10.5 Å². The molecule has 0 saturated carbocycles. The number of benzene rings is 1. The summed E-state index contributed by atoms with van der Waals surface area (Å²) in [5.74, 6) is 0.454. The Balaban J connectivity index is 2.52. The Bertz CT molecular complexity index is 335. The summed E-state index contributed by atoms with van der Waals surface area (Å²) in [6.45, 7) is 7.00. The Morgan fingerprint density at radius 1 is 1.17 bits per heavy atom. The smallest absolute Gasteiger partial charge is 0.123 e. The normalized spacial score (nSPS) is 14.8. The van der Waals surface area contributed by atoms with Crippen molar-refractivity contribution in [2.24, 2.45) is 11.7 Å². The van der Waals surface area contributed by atoms with E-state index < -0.39 is 0 Å². The zero-order chi connectivity index (χ0) is 13.5. The molecule has 0 heterocycles. The van der Waals surface area contributed by atoms with Crippen LogP contribution in [0.2, 0.25) is 0 Å². The Hall–Kier alpha value is -0.930. The molecule has 0 saturated heterocycles. The van der Waals surface area contributed by atoms with Crippen LogP contribution in [0.15, 0.2) is 24.3 Å². The molecule has 0 aliphatic heterocycles. The molecule has 0 bridgehead atoms. The average molecular weight is 253 g/mol. The number of hydrogen-bond acceptors (Lipinski definition) is 2. The van der Waals surface area contributed by atoms with E-state index in [0.717, 1.165) is 18.4 Å². The van der Waals surface area contributed by atoms with E-state index in [1.807, 2.05) is 6.92 Å². The number of ether oxygens (including phenoxy) is 1. The molecule has 0 radical (unpaired) electrons. The zero-order valence-corrected chi connectivity index (χ0v) is 11.5. The lowest BCUT2D eigenvalue weighted by molar-refractivity contribution is 0.0348. The lowest BCUT2D eigenvalue weighted by Crippen LogP contribution is -2.27. The van der Waals surface area contributed by atoms with E-state index >= 15 is 0 Å². The Morgan fingerprint density at radius 3 is 2.28 bits per heavy atom. The molecule has 0 spiro atoms. The van der Waals surface area contributed by atoms with Crippen LogP contribution in [-0.4, -0.2) is 12.6 Å². The zero-order valence-electron chi connectivity index (χ0n) is 11.5. The second-order valence-electron chi connectivity index (χ2n) is 5.24. The van der Waals surface area contributed by atoms with Gasteiger partial charge in [-0.3, -0.25) is 0 Å². The van der Waals surface area contributed by atoms with E-state index in [9.17, 15) is 4.39 Å². The van der Waals surface area contributed by atoms with Crippen molar-refractivity contribution in [1.82, 2.24) is 0 Å². The minimum absolute atomic E-state index is 0.102. The van der Waals surface area contributed by atoms with E-state index in [0.29, 0.717) is 12.5 Å². The van der Waals surface area contributed by atoms with Crippen LogP contribution in [0.1, 0.15) is 45.3 Å². The van der Waals surface area contributed by atoms with Crippen molar-refractivity contribution in [2.45, 2.75) is 45.8 Å². The largest absolute Gasteiger partial charge is 0.372 e. The summed E-state index contributed by atoms with van der Waals surface area (Å²) in [4.78, 5) is 0. The summed E-state index contributed by atoms with van der Waals surface area (Å²) in [5, 5.41) is 0. The fraction of sp³-hybridized carbons (Fsp3) is 0.600. The third-order valence-electron chi connectivity index (χ3n) is 2.90. The Kier molecular flexibility index (Phi) is 6.30. The molecule has 1 aromatic rings. The van der Waals surface area contributed by atoms with Crippen molar-refractivity contribution in [3.05, 3.63) is 35.6 Å². The second kappa shape index (κ2) is 7.49. The van der Waals surface area contributed by atoms with Crippen LogP contribution in [0.5, 0.6) is 0 Å². The summed E-state index contributed by atoms with van der Waals surface area (Å²) in [6, 6.07) is 6.27. The highest BCUT2D eigenvalue weighted by Crippen LogP contribution is 2.21. The van der Waals surface area contributed by atoms with Gasteiger partial charge in [-0.1, -0.05) is 26.0 Å². The van der Waals surface area contributed by atoms with E-state index in [1.165, 1.54) is 12.1 Å². The molecule has 0 aliphatic carbocycles. The first-order valence-corrected chi connectivity index (χ1v) is 6.63. The lowest BCUT2D eigenvalue weighted by atomic mass is 10.0. The van der Waals surface area contributed by atoms with Gasteiger partial charge in [0.25, 0.3) is 0 Å². The van der Waals surface area contributed by atoms with Crippen LogP contribution in [0.3, 0.4) is 0 Å². The minimum Gasteiger partial charge on any atom is -0.372 e. The van der Waals surface area contributed by atoms with E-state index in [-0.39, 0.29) is 18.0 Å². The summed E-state index contributed by atoms with van der Waals surface area (Å²) >= 11 is 0. The molecule has 1 rings (SSSR count). The van der Waals surface area contributed by atoms with Gasteiger partial charge in [0.15, 0.2) is 0 Å². The van der Waals surface area contributed by atoms with Crippen molar-refractivity contribution in [1.29, 1.82) is 0 Å². The molecule has 0 fully saturated rings. The average Bonchev–Trinajstić information content (AvgIpc) is 2.30. The maximum atomic E-state index is 12.9. The van der Waals surface area contributed by atoms with Gasteiger partial charge < -0.3 is 10.5 Å². The molecule has 0 amide bonds. The summed E-state index contributed by atoms with van der Waals surface area (Å²) in [5.41, 5.74) is 6.87. The van der Waals surface area contributed by atoms with Gasteiger partial charge in [-0.25, -0.2) is 4.39 Å². The molecule has 1 aromatic carbocycles. The Labute approximate surface area is 109 Å². The maximum Gasteiger partial charge on any atom is 0.123 e. The van der Waals surface area contributed by atoms with Gasteiger partial charge in [0, 0.05) is 12.6 Å². The van der Waals surface area contributed by atoms with Crippen LogP contribution in [0, 0.1) is 11.7 Å². The van der Waals surface area contributed by atoms with Crippen molar-refractivity contribution < 1.29 is 9.13 Å². The summed E-state index contributed by atoms with van der Waals surface area (Å²) < 4.78 is 18.7. The van der Waals surface area contributed by atoms with Gasteiger partial charge >= 0.3 is 0 Å². The summed E-state index contributed by atoms with van der Waals surface area (Å²) in [6.07, 6.45) is 2.02. The number of nitrogens with two attached hydrogens (primary N) is 1. The van der Waals surface area contributed by atoms with Gasteiger partial charge in [0.05, 0.1) is 6.10 Å². The predicted molar refractivity (Wildman–Crippen MR) is 72.8 cm³/mol. The first-order valence-electron chi connectivity index (χ1n) is 6.63. The second-order valence-corrected chi connectivity index (χ2v) is 5.24. The highest BCUT2D eigenvalue weighted by molar-refractivity contribution is 5.19. The Morgan fingerprint density at radius 2 is 1.78 bits per heavy atom. The molecule has 3 heteroatoms. The molecular weight excluding hydrogens is 229 g/mol. The molecule has 0 aliphatic rings. The molecule has 18 heavy (non-hydrogen) atoms. The highest BCUT2D eigenvalue weighted by atomic mass is 19.1. The fourth-order valence-corrected chi connectivity index (χ4v) is 1.91. The molecule has 0 aromatic heterocycles. The van der Waals surface area contributed by atoms with Crippen molar-refractivity contribution in [3.63, 3.8) is 0 Å². The number of hydrogen-bond donors (Lipinski definition) is 1. The molecule has 2 nitrogen and oxygen atoms in total. The fourth-order valence-electron chi connectivity index (χ4n) is 1.91. The first kappa shape index (κ1) is 15.1. The number of halogens is 1. The van der Waals surface area contributed by atoms with E-state index in [2.05, 4.69) is 13.8 Å². The SMILES string of the molecule is CC(C)CCCOC(c1ccc(F)cc1)C(C)N. The van der Waals surface area contributed by atoms with Gasteiger partial charge in [0.2, 0.25) is 0 Å². The van der Waals surface area contributed by atoms with Crippen LogP contribution in [0.4, 0.5) is 4.39 Å². The predicted octanol–water partition coefficient (Wildman–Crippen LogP) is 3.67. The maximum absolute atomic E-state index is 12.9. The minimum atomic E-state index is -0.234. The van der Waals surface area contributed by atoms with E-state index in [1.54, 1.807) is 12.1 Å². The third-order valence-corrected chi connectivity index (χ3v) is 2.90.